The number of hydrogen-bond donors (Lipinski definition) is 2. The Morgan fingerprint density at radius 2 is 1.90 bits per heavy atom. The Morgan fingerprint density at radius 1 is 1.10 bits per heavy atom. The molecule has 1 atom stereocenters. The van der Waals surface area contributed by atoms with Crippen LogP contribution in [0.25, 0.3) is 6.08 Å². The zero-order valence-electron chi connectivity index (χ0n) is 17.1. The third-order valence-corrected chi connectivity index (χ3v) is 5.32. The van der Waals surface area contributed by atoms with Crippen LogP contribution in [0.15, 0.2) is 60.7 Å². The van der Waals surface area contributed by atoms with E-state index in [2.05, 4.69) is 5.32 Å². The molecule has 2 N–H and O–H groups in total. The molecular formula is C25H23F2NO3. The Hall–Kier alpha value is -3.38. The van der Waals surface area contributed by atoms with Gasteiger partial charge in [0.1, 0.15) is 6.61 Å². The molecule has 0 spiro atoms. The van der Waals surface area contributed by atoms with Crippen LogP contribution >= 0.6 is 0 Å². The molecule has 1 aliphatic rings. The summed E-state index contributed by atoms with van der Waals surface area (Å²) in [7, 11) is 1.59. The standard InChI is InChI=1S/C25H23F2NO3/c1-30-22-14-19-18(13-23(22)31-15-16-5-3-2-4-6-16)11-12-28-21(19)10-8-17-7-9-20(26)25(29)24(17)27/h2-10,13-14,21,28-29H,11-12,15H2,1H3. The van der Waals surface area contributed by atoms with Crippen LogP contribution in [0, 0.1) is 11.6 Å². The SMILES string of the molecule is COc1cc2c(cc1OCc1ccccc1)CCNC2C=Cc1ccc(F)c(O)c1F. The topological polar surface area (TPSA) is 50.7 Å². The molecule has 3 aromatic carbocycles. The molecule has 0 aromatic heterocycles. The highest BCUT2D eigenvalue weighted by Crippen LogP contribution is 2.36. The minimum Gasteiger partial charge on any atom is -0.503 e. The molecule has 0 amide bonds. The van der Waals surface area contributed by atoms with E-state index in [0.29, 0.717) is 18.1 Å². The molecule has 6 heteroatoms. The quantitative estimate of drug-likeness (QED) is 0.575. The smallest absolute Gasteiger partial charge is 0.188 e. The van der Waals surface area contributed by atoms with Crippen LogP contribution in [0.3, 0.4) is 0 Å². The van der Waals surface area contributed by atoms with E-state index in [0.717, 1.165) is 35.7 Å². The Labute approximate surface area is 179 Å². The van der Waals surface area contributed by atoms with Gasteiger partial charge in [0.25, 0.3) is 0 Å². The Bertz CT molecular complexity index is 1100. The van der Waals surface area contributed by atoms with E-state index in [1.54, 1.807) is 13.2 Å². The molecule has 1 aliphatic heterocycles. The van der Waals surface area contributed by atoms with Crippen LogP contribution in [0.5, 0.6) is 17.2 Å². The lowest BCUT2D eigenvalue weighted by Gasteiger charge is -2.26. The average Bonchev–Trinajstić information content (AvgIpc) is 2.80. The van der Waals surface area contributed by atoms with Crippen molar-refractivity contribution >= 4 is 6.08 Å². The van der Waals surface area contributed by atoms with Crippen molar-refractivity contribution in [1.82, 2.24) is 5.32 Å². The van der Waals surface area contributed by atoms with Gasteiger partial charge in [-0.05, 0) is 47.4 Å². The van der Waals surface area contributed by atoms with E-state index in [1.807, 2.05) is 42.5 Å². The minimum absolute atomic E-state index is 0.114. The number of aromatic hydroxyl groups is 1. The van der Waals surface area contributed by atoms with E-state index in [-0.39, 0.29) is 11.6 Å². The number of halogens is 2. The number of nitrogens with one attached hydrogen (secondary N) is 1. The number of phenolic OH excluding ortho intramolecular Hbond substituents is 1. The van der Waals surface area contributed by atoms with Crippen molar-refractivity contribution in [1.29, 1.82) is 0 Å². The highest BCUT2D eigenvalue weighted by molar-refractivity contribution is 5.56. The van der Waals surface area contributed by atoms with Gasteiger partial charge in [0.05, 0.1) is 13.2 Å². The van der Waals surface area contributed by atoms with Crippen molar-refractivity contribution in [3.63, 3.8) is 0 Å². The molecule has 0 bridgehead atoms. The van der Waals surface area contributed by atoms with E-state index >= 15 is 0 Å². The van der Waals surface area contributed by atoms with Gasteiger partial charge in [-0.25, -0.2) is 8.78 Å². The Morgan fingerprint density at radius 3 is 2.68 bits per heavy atom. The number of methoxy groups -OCH3 is 1. The maximum absolute atomic E-state index is 14.1. The van der Waals surface area contributed by atoms with Crippen LogP contribution in [0.1, 0.15) is 28.3 Å². The molecular weight excluding hydrogens is 400 g/mol. The fourth-order valence-electron chi connectivity index (χ4n) is 3.66. The van der Waals surface area contributed by atoms with Gasteiger partial charge in [-0.15, -0.1) is 0 Å². The number of ether oxygens (including phenoxy) is 2. The van der Waals surface area contributed by atoms with Gasteiger partial charge in [-0.3, -0.25) is 0 Å². The Kier molecular flexibility index (Phi) is 6.18. The second-order valence-electron chi connectivity index (χ2n) is 7.32. The molecule has 1 unspecified atom stereocenters. The third-order valence-electron chi connectivity index (χ3n) is 5.32. The summed E-state index contributed by atoms with van der Waals surface area (Å²) in [5.41, 5.74) is 3.29. The van der Waals surface area contributed by atoms with Crippen molar-refractivity contribution in [3.05, 3.63) is 94.6 Å². The Balaban J connectivity index is 1.59. The van der Waals surface area contributed by atoms with Crippen LogP contribution in [-0.4, -0.2) is 18.8 Å². The van der Waals surface area contributed by atoms with Crippen LogP contribution in [0.2, 0.25) is 0 Å². The van der Waals surface area contributed by atoms with E-state index < -0.39 is 17.4 Å². The van der Waals surface area contributed by atoms with Crippen molar-refractivity contribution in [2.75, 3.05) is 13.7 Å². The van der Waals surface area contributed by atoms with Crippen LogP contribution in [0.4, 0.5) is 8.78 Å². The van der Waals surface area contributed by atoms with Gasteiger partial charge in [0, 0.05) is 12.1 Å². The summed E-state index contributed by atoms with van der Waals surface area (Å²) in [6, 6.07) is 16.0. The molecule has 0 saturated carbocycles. The zero-order chi connectivity index (χ0) is 21.8. The first-order valence-electron chi connectivity index (χ1n) is 10.0. The molecule has 4 nitrogen and oxygen atoms in total. The molecule has 0 saturated heterocycles. The summed E-state index contributed by atoms with van der Waals surface area (Å²) in [6.07, 6.45) is 4.14. The largest absolute Gasteiger partial charge is 0.503 e. The van der Waals surface area contributed by atoms with Gasteiger partial charge >= 0.3 is 0 Å². The minimum atomic E-state index is -0.983. The van der Waals surface area contributed by atoms with Gasteiger partial charge < -0.3 is 19.9 Å². The van der Waals surface area contributed by atoms with E-state index in [9.17, 15) is 13.9 Å². The lowest BCUT2D eigenvalue weighted by molar-refractivity contribution is 0.283. The zero-order valence-corrected chi connectivity index (χ0v) is 17.1. The summed E-state index contributed by atoms with van der Waals surface area (Å²) < 4.78 is 39.0. The van der Waals surface area contributed by atoms with E-state index in [1.165, 1.54) is 12.1 Å². The van der Waals surface area contributed by atoms with E-state index in [4.69, 9.17) is 9.47 Å². The number of fused-ring (bicyclic) bond motifs is 1. The first kappa shape index (κ1) is 20.9. The highest BCUT2D eigenvalue weighted by atomic mass is 19.1. The first-order valence-corrected chi connectivity index (χ1v) is 10.0. The summed E-state index contributed by atoms with van der Waals surface area (Å²) in [5, 5.41) is 12.9. The molecule has 0 aliphatic carbocycles. The van der Waals surface area contributed by atoms with Crippen molar-refractivity contribution < 1.29 is 23.4 Å². The summed E-state index contributed by atoms with van der Waals surface area (Å²) in [6.45, 7) is 1.18. The number of phenols is 1. The average molecular weight is 423 g/mol. The lowest BCUT2D eigenvalue weighted by Crippen LogP contribution is -2.28. The molecule has 3 aromatic rings. The number of benzene rings is 3. The molecule has 0 radical (unpaired) electrons. The summed E-state index contributed by atoms with van der Waals surface area (Å²) in [4.78, 5) is 0. The first-order chi connectivity index (χ1) is 15.1. The maximum atomic E-state index is 14.1. The monoisotopic (exact) mass is 423 g/mol. The number of hydrogen-bond acceptors (Lipinski definition) is 4. The van der Waals surface area contributed by atoms with Gasteiger partial charge in [0.2, 0.25) is 0 Å². The molecule has 160 valence electrons. The van der Waals surface area contributed by atoms with Gasteiger partial charge in [-0.2, -0.15) is 0 Å². The third kappa shape index (κ3) is 4.54. The van der Waals surface area contributed by atoms with Gasteiger partial charge in [-0.1, -0.05) is 42.5 Å². The van der Waals surface area contributed by atoms with Crippen molar-refractivity contribution in [3.8, 4) is 17.2 Å². The predicted molar refractivity (Wildman–Crippen MR) is 115 cm³/mol. The van der Waals surface area contributed by atoms with Crippen LogP contribution in [-0.2, 0) is 13.0 Å². The second-order valence-corrected chi connectivity index (χ2v) is 7.32. The molecule has 1 heterocycles. The normalized spacial score (nSPS) is 15.6. The summed E-state index contributed by atoms with van der Waals surface area (Å²) in [5.74, 6) is -1.65. The van der Waals surface area contributed by atoms with Gasteiger partial charge in [0.15, 0.2) is 28.9 Å². The predicted octanol–water partition coefficient (Wildman–Crippen LogP) is 5.16. The summed E-state index contributed by atoms with van der Waals surface area (Å²) >= 11 is 0. The lowest BCUT2D eigenvalue weighted by atomic mass is 9.93. The fraction of sp³-hybridized carbons (Fsp3) is 0.200. The van der Waals surface area contributed by atoms with Crippen molar-refractivity contribution in [2.24, 2.45) is 0 Å². The maximum Gasteiger partial charge on any atom is 0.188 e. The molecule has 31 heavy (non-hydrogen) atoms. The van der Waals surface area contributed by atoms with Crippen molar-refractivity contribution in [2.45, 2.75) is 19.1 Å². The van der Waals surface area contributed by atoms with Crippen LogP contribution < -0.4 is 14.8 Å². The second kappa shape index (κ2) is 9.18. The highest BCUT2D eigenvalue weighted by Gasteiger charge is 2.21. The fourth-order valence-corrected chi connectivity index (χ4v) is 3.66. The molecule has 4 rings (SSSR count). The number of rotatable bonds is 6. The molecule has 0 fully saturated rings.